The Hall–Kier alpha value is -2.08. The topological polar surface area (TPSA) is 52.5 Å². The molecule has 0 bridgehead atoms. The van der Waals surface area contributed by atoms with Crippen LogP contribution in [-0.2, 0) is 12.7 Å². The molecule has 0 unspecified atom stereocenters. The van der Waals surface area contributed by atoms with Crippen LogP contribution in [0.1, 0.15) is 11.1 Å². The zero-order chi connectivity index (χ0) is 15.6. The summed E-state index contributed by atoms with van der Waals surface area (Å²) in [6, 6.07) is 7.12. The maximum absolute atomic E-state index is 12.6. The highest BCUT2D eigenvalue weighted by molar-refractivity contribution is 6.33. The van der Waals surface area contributed by atoms with Crippen LogP contribution in [0, 0.1) is 0 Å². The number of rotatable bonds is 3. The molecule has 7 heteroatoms. The summed E-state index contributed by atoms with van der Waals surface area (Å²) >= 11 is 5.85. The molecule has 0 aliphatic rings. The maximum atomic E-state index is 12.6. The number of anilines is 1. The standard InChI is InChI=1S/C14H11ClF3NO2/c15-10-3-2-9(14(16,17)18)6-11(10)19-7-8-1-4-12(20)13(21)5-8/h1-6,19-21H,7H2. The molecule has 0 atom stereocenters. The molecule has 0 heterocycles. The quantitative estimate of drug-likeness (QED) is 0.736. The number of hydrogen-bond acceptors (Lipinski definition) is 3. The molecule has 3 nitrogen and oxygen atoms in total. The third-order valence-electron chi connectivity index (χ3n) is 2.82. The number of alkyl halides is 3. The first kappa shape index (κ1) is 15.3. The van der Waals surface area contributed by atoms with E-state index in [1.165, 1.54) is 24.3 Å². The van der Waals surface area contributed by atoms with Crippen molar-refractivity contribution in [2.75, 3.05) is 5.32 Å². The minimum absolute atomic E-state index is 0.138. The number of phenolic OH excluding ortho intramolecular Hbond substituents is 2. The number of phenols is 2. The molecule has 0 saturated heterocycles. The van der Waals surface area contributed by atoms with Gasteiger partial charge < -0.3 is 15.5 Å². The third kappa shape index (κ3) is 3.72. The molecule has 0 amide bonds. The Morgan fingerprint density at radius 2 is 1.71 bits per heavy atom. The Balaban J connectivity index is 2.17. The van der Waals surface area contributed by atoms with Crippen molar-refractivity contribution in [3.05, 3.63) is 52.5 Å². The van der Waals surface area contributed by atoms with Gasteiger partial charge in [-0.25, -0.2) is 0 Å². The van der Waals surface area contributed by atoms with Gasteiger partial charge in [0, 0.05) is 6.54 Å². The molecule has 0 aromatic heterocycles. The average Bonchev–Trinajstić information content (AvgIpc) is 2.40. The van der Waals surface area contributed by atoms with Crippen molar-refractivity contribution in [2.24, 2.45) is 0 Å². The molecule has 0 radical (unpaired) electrons. The van der Waals surface area contributed by atoms with Crippen molar-refractivity contribution in [1.82, 2.24) is 0 Å². The summed E-state index contributed by atoms with van der Waals surface area (Å²) < 4.78 is 37.9. The molecule has 0 spiro atoms. The van der Waals surface area contributed by atoms with Crippen molar-refractivity contribution in [3.63, 3.8) is 0 Å². The molecule has 2 rings (SSSR count). The number of halogens is 4. The van der Waals surface area contributed by atoms with E-state index in [1.54, 1.807) is 0 Å². The van der Waals surface area contributed by atoms with Crippen LogP contribution in [0.3, 0.4) is 0 Å². The lowest BCUT2D eigenvalue weighted by Gasteiger charge is -2.12. The van der Waals surface area contributed by atoms with E-state index in [2.05, 4.69) is 5.32 Å². The minimum Gasteiger partial charge on any atom is -0.504 e. The second-order valence-corrected chi connectivity index (χ2v) is 4.78. The Morgan fingerprint density at radius 3 is 2.33 bits per heavy atom. The van der Waals surface area contributed by atoms with E-state index in [1.807, 2.05) is 0 Å². The molecular formula is C14H11ClF3NO2. The largest absolute Gasteiger partial charge is 0.504 e. The molecule has 3 N–H and O–H groups in total. The predicted molar refractivity (Wildman–Crippen MR) is 73.6 cm³/mol. The molecule has 0 aliphatic heterocycles. The molecule has 112 valence electrons. The lowest BCUT2D eigenvalue weighted by atomic mass is 10.1. The third-order valence-corrected chi connectivity index (χ3v) is 3.15. The van der Waals surface area contributed by atoms with Crippen LogP contribution >= 0.6 is 11.6 Å². The van der Waals surface area contributed by atoms with Crippen molar-refractivity contribution >= 4 is 17.3 Å². The normalized spacial score (nSPS) is 11.4. The van der Waals surface area contributed by atoms with Gasteiger partial charge in [-0.05, 0) is 35.9 Å². The fourth-order valence-electron chi connectivity index (χ4n) is 1.71. The summed E-state index contributed by atoms with van der Waals surface area (Å²) in [6.45, 7) is 0.148. The van der Waals surface area contributed by atoms with Crippen LogP contribution in [0.5, 0.6) is 11.5 Å². The highest BCUT2D eigenvalue weighted by Gasteiger charge is 2.30. The molecule has 0 aliphatic carbocycles. The SMILES string of the molecule is Oc1ccc(CNc2cc(C(F)(F)F)ccc2Cl)cc1O. The van der Waals surface area contributed by atoms with Gasteiger partial charge >= 0.3 is 6.18 Å². The van der Waals surface area contributed by atoms with Gasteiger partial charge in [0.1, 0.15) is 0 Å². The maximum Gasteiger partial charge on any atom is 0.416 e. The van der Waals surface area contributed by atoms with E-state index in [9.17, 15) is 23.4 Å². The fourth-order valence-corrected chi connectivity index (χ4v) is 1.90. The highest BCUT2D eigenvalue weighted by Crippen LogP contribution is 2.34. The zero-order valence-electron chi connectivity index (χ0n) is 10.6. The highest BCUT2D eigenvalue weighted by atomic mass is 35.5. The first-order chi connectivity index (χ1) is 9.77. The molecule has 0 fully saturated rings. The summed E-state index contributed by atoms with van der Waals surface area (Å²) in [4.78, 5) is 0. The van der Waals surface area contributed by atoms with Gasteiger partial charge in [0.25, 0.3) is 0 Å². The van der Waals surface area contributed by atoms with Gasteiger partial charge in [0.2, 0.25) is 0 Å². The molecular weight excluding hydrogens is 307 g/mol. The van der Waals surface area contributed by atoms with E-state index in [0.717, 1.165) is 12.1 Å². The first-order valence-electron chi connectivity index (χ1n) is 5.89. The number of hydrogen-bond donors (Lipinski definition) is 3. The molecule has 2 aromatic rings. The second kappa shape index (κ2) is 5.73. The monoisotopic (exact) mass is 317 g/mol. The van der Waals surface area contributed by atoms with Crippen LogP contribution in [0.2, 0.25) is 5.02 Å². The van der Waals surface area contributed by atoms with Crippen molar-refractivity contribution in [2.45, 2.75) is 12.7 Å². The first-order valence-corrected chi connectivity index (χ1v) is 6.26. The lowest BCUT2D eigenvalue weighted by Crippen LogP contribution is -2.07. The summed E-state index contributed by atoms with van der Waals surface area (Å²) in [5.41, 5.74) is -0.0826. The Kier molecular flexibility index (Phi) is 4.18. The van der Waals surface area contributed by atoms with Gasteiger partial charge in [-0.3, -0.25) is 0 Å². The number of benzene rings is 2. The Morgan fingerprint density at radius 1 is 1.00 bits per heavy atom. The van der Waals surface area contributed by atoms with Crippen molar-refractivity contribution in [1.29, 1.82) is 0 Å². The van der Waals surface area contributed by atoms with E-state index >= 15 is 0 Å². The summed E-state index contributed by atoms with van der Waals surface area (Å²) in [5, 5.41) is 21.5. The Labute approximate surface area is 123 Å². The Bertz CT molecular complexity index is 659. The van der Waals surface area contributed by atoms with Crippen molar-refractivity contribution in [3.8, 4) is 11.5 Å². The van der Waals surface area contributed by atoms with Crippen LogP contribution < -0.4 is 5.32 Å². The van der Waals surface area contributed by atoms with E-state index in [4.69, 9.17) is 11.6 Å². The smallest absolute Gasteiger partial charge is 0.416 e. The van der Waals surface area contributed by atoms with Gasteiger partial charge in [-0.2, -0.15) is 13.2 Å². The molecule has 2 aromatic carbocycles. The van der Waals surface area contributed by atoms with Gasteiger partial charge in [-0.1, -0.05) is 17.7 Å². The van der Waals surface area contributed by atoms with E-state index in [-0.39, 0.29) is 28.8 Å². The van der Waals surface area contributed by atoms with Crippen LogP contribution in [0.4, 0.5) is 18.9 Å². The molecule has 21 heavy (non-hydrogen) atoms. The van der Waals surface area contributed by atoms with Crippen molar-refractivity contribution < 1.29 is 23.4 Å². The predicted octanol–water partition coefficient (Wildman–Crippen LogP) is 4.38. The fraction of sp³-hybridized carbons (Fsp3) is 0.143. The molecule has 0 saturated carbocycles. The zero-order valence-corrected chi connectivity index (χ0v) is 11.3. The van der Waals surface area contributed by atoms with E-state index in [0.29, 0.717) is 5.56 Å². The van der Waals surface area contributed by atoms with Gasteiger partial charge in [-0.15, -0.1) is 0 Å². The second-order valence-electron chi connectivity index (χ2n) is 4.37. The minimum atomic E-state index is -4.45. The van der Waals surface area contributed by atoms with E-state index < -0.39 is 11.7 Å². The number of nitrogens with one attached hydrogen (secondary N) is 1. The van der Waals surface area contributed by atoms with Crippen LogP contribution in [-0.4, -0.2) is 10.2 Å². The lowest BCUT2D eigenvalue weighted by molar-refractivity contribution is -0.137. The van der Waals surface area contributed by atoms with Crippen LogP contribution in [0.15, 0.2) is 36.4 Å². The summed E-state index contributed by atoms with van der Waals surface area (Å²) in [7, 11) is 0. The average molecular weight is 318 g/mol. The van der Waals surface area contributed by atoms with Gasteiger partial charge in [0.05, 0.1) is 16.3 Å². The summed E-state index contributed by atoms with van der Waals surface area (Å²) in [6.07, 6.45) is -4.45. The summed E-state index contributed by atoms with van der Waals surface area (Å²) in [5.74, 6) is -0.569. The van der Waals surface area contributed by atoms with Crippen LogP contribution in [0.25, 0.3) is 0 Å². The van der Waals surface area contributed by atoms with Gasteiger partial charge in [0.15, 0.2) is 11.5 Å². The number of aromatic hydroxyl groups is 2.